The first-order valence-electron chi connectivity index (χ1n) is 12.0. The number of aliphatic hydroxyl groups is 1. The molecule has 2 aliphatic heterocycles. The lowest BCUT2D eigenvalue weighted by atomic mass is 9.84. The molecule has 0 spiro atoms. The van der Waals surface area contributed by atoms with Crippen molar-refractivity contribution in [1.82, 2.24) is 10.6 Å². The SMILES string of the molecule is COCCNC(=O)C[C@@H]1C[C@H]2c3cc(NC(=O)NC4CCCCC4)ccc3O[C@H]2[C@H](CO)O1. The normalized spacial score (nSPS) is 26.6. The van der Waals surface area contributed by atoms with Gasteiger partial charge in [0.15, 0.2) is 0 Å². The predicted octanol–water partition coefficient (Wildman–Crippen LogP) is 2.29. The lowest BCUT2D eigenvalue weighted by Gasteiger charge is -2.37. The van der Waals surface area contributed by atoms with Crippen molar-refractivity contribution in [3.8, 4) is 5.75 Å². The number of hydrogen-bond acceptors (Lipinski definition) is 6. The van der Waals surface area contributed by atoms with Gasteiger partial charge in [-0.15, -0.1) is 0 Å². The van der Waals surface area contributed by atoms with Crippen LogP contribution in [-0.2, 0) is 14.3 Å². The smallest absolute Gasteiger partial charge is 0.319 e. The molecule has 182 valence electrons. The van der Waals surface area contributed by atoms with E-state index >= 15 is 0 Å². The molecule has 2 fully saturated rings. The number of aliphatic hydroxyl groups excluding tert-OH is 1. The Balaban J connectivity index is 1.40. The molecule has 1 saturated heterocycles. The van der Waals surface area contributed by atoms with Crippen molar-refractivity contribution in [2.24, 2.45) is 0 Å². The highest BCUT2D eigenvalue weighted by Crippen LogP contribution is 2.47. The van der Waals surface area contributed by atoms with Gasteiger partial charge in [-0.05, 0) is 37.5 Å². The Morgan fingerprint density at radius 3 is 2.79 bits per heavy atom. The molecule has 4 rings (SSSR count). The van der Waals surface area contributed by atoms with Gasteiger partial charge in [0, 0.05) is 36.9 Å². The molecule has 1 aromatic carbocycles. The monoisotopic (exact) mass is 461 g/mol. The van der Waals surface area contributed by atoms with E-state index in [2.05, 4.69) is 16.0 Å². The number of amides is 3. The molecule has 33 heavy (non-hydrogen) atoms. The Morgan fingerprint density at radius 2 is 2.03 bits per heavy atom. The highest BCUT2D eigenvalue weighted by Gasteiger charge is 2.46. The summed E-state index contributed by atoms with van der Waals surface area (Å²) in [5.41, 5.74) is 1.68. The van der Waals surface area contributed by atoms with Crippen molar-refractivity contribution in [3.63, 3.8) is 0 Å². The first-order chi connectivity index (χ1) is 16.1. The maximum Gasteiger partial charge on any atom is 0.319 e. The number of carbonyl (C=O) groups excluding carboxylic acids is 2. The summed E-state index contributed by atoms with van der Waals surface area (Å²) in [5.74, 6) is 0.599. The molecular weight excluding hydrogens is 426 g/mol. The molecule has 1 saturated carbocycles. The number of anilines is 1. The number of benzene rings is 1. The number of carbonyl (C=O) groups is 2. The zero-order valence-electron chi connectivity index (χ0n) is 19.2. The lowest BCUT2D eigenvalue weighted by Crippen LogP contribution is -2.47. The van der Waals surface area contributed by atoms with Crippen LogP contribution in [-0.4, -0.2) is 68.3 Å². The van der Waals surface area contributed by atoms with Gasteiger partial charge in [-0.1, -0.05) is 19.3 Å². The Hall–Kier alpha value is -2.36. The highest BCUT2D eigenvalue weighted by atomic mass is 16.6. The summed E-state index contributed by atoms with van der Waals surface area (Å²) in [7, 11) is 1.59. The van der Waals surface area contributed by atoms with Gasteiger partial charge in [0.25, 0.3) is 0 Å². The third-order valence-corrected chi connectivity index (χ3v) is 6.74. The van der Waals surface area contributed by atoms with Crippen LogP contribution < -0.4 is 20.7 Å². The van der Waals surface area contributed by atoms with Crippen LogP contribution in [0.1, 0.15) is 56.4 Å². The van der Waals surface area contributed by atoms with Crippen LogP contribution in [0.25, 0.3) is 0 Å². The molecule has 4 N–H and O–H groups in total. The van der Waals surface area contributed by atoms with Crippen LogP contribution in [0.4, 0.5) is 10.5 Å². The van der Waals surface area contributed by atoms with E-state index in [1.54, 1.807) is 7.11 Å². The second-order valence-electron chi connectivity index (χ2n) is 9.14. The first-order valence-corrected chi connectivity index (χ1v) is 12.0. The van der Waals surface area contributed by atoms with E-state index in [4.69, 9.17) is 14.2 Å². The van der Waals surface area contributed by atoms with Crippen LogP contribution in [0.15, 0.2) is 18.2 Å². The molecule has 9 heteroatoms. The van der Waals surface area contributed by atoms with Crippen LogP contribution in [0.2, 0.25) is 0 Å². The number of methoxy groups -OCH3 is 1. The van der Waals surface area contributed by atoms with E-state index in [1.807, 2.05) is 18.2 Å². The van der Waals surface area contributed by atoms with E-state index in [1.165, 1.54) is 6.42 Å². The van der Waals surface area contributed by atoms with Gasteiger partial charge in [0.2, 0.25) is 5.91 Å². The van der Waals surface area contributed by atoms with Crippen molar-refractivity contribution in [3.05, 3.63) is 23.8 Å². The quantitative estimate of drug-likeness (QED) is 0.441. The summed E-state index contributed by atoms with van der Waals surface area (Å²) in [4.78, 5) is 24.7. The number of nitrogens with one attached hydrogen (secondary N) is 3. The van der Waals surface area contributed by atoms with E-state index in [-0.39, 0.29) is 49.1 Å². The van der Waals surface area contributed by atoms with Gasteiger partial charge in [-0.2, -0.15) is 0 Å². The standard InChI is InChI=1S/C24H35N3O6/c1-31-10-9-25-22(29)13-17-12-19-18-11-16(27-24(30)26-15-5-3-2-4-6-15)7-8-20(18)33-23(19)21(14-28)32-17/h7-8,11,15,17,19,21,23,28H,2-6,9-10,12-14H2,1H3,(H,25,29)(H2,26,27,30)/t17-,19-,21-,23+/m0/s1. The fraction of sp³-hybridized carbons (Fsp3) is 0.667. The summed E-state index contributed by atoms with van der Waals surface area (Å²) in [6.45, 7) is 0.708. The van der Waals surface area contributed by atoms with Crippen molar-refractivity contribution in [1.29, 1.82) is 0 Å². The maximum atomic E-state index is 12.5. The summed E-state index contributed by atoms with van der Waals surface area (Å²) < 4.78 is 17.1. The Kier molecular flexibility index (Phi) is 8.06. The van der Waals surface area contributed by atoms with E-state index < -0.39 is 6.10 Å². The minimum atomic E-state index is -0.515. The van der Waals surface area contributed by atoms with Gasteiger partial charge in [-0.25, -0.2) is 4.79 Å². The van der Waals surface area contributed by atoms with Crippen molar-refractivity contribution in [2.75, 3.05) is 32.2 Å². The number of fused-ring (bicyclic) bond motifs is 3. The van der Waals surface area contributed by atoms with Crippen LogP contribution in [0.3, 0.4) is 0 Å². The molecule has 0 aromatic heterocycles. The average molecular weight is 462 g/mol. The van der Waals surface area contributed by atoms with Gasteiger partial charge in [0.1, 0.15) is 18.0 Å². The molecule has 2 heterocycles. The zero-order chi connectivity index (χ0) is 23.2. The van der Waals surface area contributed by atoms with Gasteiger partial charge >= 0.3 is 6.03 Å². The molecule has 1 aromatic rings. The fourth-order valence-electron chi connectivity index (χ4n) is 5.14. The molecule has 1 aliphatic carbocycles. The van der Waals surface area contributed by atoms with Crippen molar-refractivity contribution >= 4 is 17.6 Å². The predicted molar refractivity (Wildman–Crippen MR) is 122 cm³/mol. The van der Waals surface area contributed by atoms with E-state index in [9.17, 15) is 14.7 Å². The molecule has 4 atom stereocenters. The maximum absolute atomic E-state index is 12.5. The minimum absolute atomic E-state index is 0.0224. The lowest BCUT2D eigenvalue weighted by molar-refractivity contribution is -0.142. The molecule has 0 bridgehead atoms. The van der Waals surface area contributed by atoms with Crippen LogP contribution >= 0.6 is 0 Å². The largest absolute Gasteiger partial charge is 0.487 e. The molecule has 3 amide bonds. The highest BCUT2D eigenvalue weighted by molar-refractivity contribution is 5.89. The summed E-state index contributed by atoms with van der Waals surface area (Å²) in [6.07, 6.45) is 5.25. The molecule has 3 aliphatic rings. The van der Waals surface area contributed by atoms with Crippen molar-refractivity contribution < 1.29 is 28.9 Å². The zero-order valence-corrected chi connectivity index (χ0v) is 19.2. The molecule has 0 unspecified atom stereocenters. The first kappa shape index (κ1) is 23.8. The summed E-state index contributed by atoms with van der Waals surface area (Å²) in [5, 5.41) is 18.7. The van der Waals surface area contributed by atoms with Gasteiger partial charge in [-0.3, -0.25) is 4.79 Å². The van der Waals surface area contributed by atoms with Gasteiger partial charge < -0.3 is 35.3 Å². The topological polar surface area (TPSA) is 118 Å². The van der Waals surface area contributed by atoms with E-state index in [0.717, 1.165) is 37.0 Å². The molecule has 9 nitrogen and oxygen atoms in total. The molecular formula is C24H35N3O6. The minimum Gasteiger partial charge on any atom is -0.487 e. The second-order valence-corrected chi connectivity index (χ2v) is 9.14. The number of rotatable bonds is 8. The Morgan fingerprint density at radius 1 is 1.21 bits per heavy atom. The summed E-state index contributed by atoms with van der Waals surface area (Å²) >= 11 is 0. The number of urea groups is 1. The third-order valence-electron chi connectivity index (χ3n) is 6.74. The third kappa shape index (κ3) is 5.96. The average Bonchev–Trinajstić information content (AvgIpc) is 3.17. The summed E-state index contributed by atoms with van der Waals surface area (Å²) in [6, 6.07) is 5.66. The Bertz CT molecular complexity index is 828. The Labute approximate surface area is 194 Å². The number of ether oxygens (including phenoxy) is 3. The van der Waals surface area contributed by atoms with Crippen LogP contribution in [0.5, 0.6) is 5.75 Å². The number of hydrogen-bond donors (Lipinski definition) is 4. The van der Waals surface area contributed by atoms with E-state index in [0.29, 0.717) is 25.3 Å². The second kappa shape index (κ2) is 11.2. The van der Waals surface area contributed by atoms with Crippen molar-refractivity contribution in [2.45, 2.75) is 75.2 Å². The van der Waals surface area contributed by atoms with Crippen LogP contribution in [0, 0.1) is 0 Å². The fourth-order valence-corrected chi connectivity index (χ4v) is 5.14. The van der Waals surface area contributed by atoms with Gasteiger partial charge in [0.05, 0.1) is 25.7 Å². The molecule has 0 radical (unpaired) electrons.